The summed E-state index contributed by atoms with van der Waals surface area (Å²) in [5.41, 5.74) is 0.849. The van der Waals surface area contributed by atoms with Gasteiger partial charge in [-0.15, -0.1) is 0 Å². The molecule has 118 valence electrons. The lowest BCUT2D eigenvalue weighted by Gasteiger charge is -2.41. The zero-order valence-corrected chi connectivity index (χ0v) is 13.5. The smallest absolute Gasteiger partial charge is 0.0797 e. The lowest BCUT2D eigenvalue weighted by molar-refractivity contribution is 0.0855. The molecule has 0 radical (unpaired) electrons. The van der Waals surface area contributed by atoms with Gasteiger partial charge in [-0.2, -0.15) is 0 Å². The molecule has 0 spiro atoms. The number of hydrogen-bond donors (Lipinski definition) is 2. The first-order valence-electron chi connectivity index (χ1n) is 8.38. The van der Waals surface area contributed by atoms with Crippen molar-refractivity contribution in [3.63, 3.8) is 0 Å². The van der Waals surface area contributed by atoms with Gasteiger partial charge >= 0.3 is 0 Å². The molecule has 1 aromatic carbocycles. The normalized spacial score (nSPS) is 20.3. The van der Waals surface area contributed by atoms with Crippen molar-refractivity contribution in [2.75, 3.05) is 32.8 Å². The molecule has 1 atom stereocenters. The van der Waals surface area contributed by atoms with Gasteiger partial charge in [-0.1, -0.05) is 50.6 Å². The third kappa shape index (κ3) is 4.06. The van der Waals surface area contributed by atoms with Crippen LogP contribution in [0.15, 0.2) is 30.3 Å². The molecule has 1 heterocycles. The first kappa shape index (κ1) is 16.5. The summed E-state index contributed by atoms with van der Waals surface area (Å²) < 4.78 is 0. The molecule has 1 unspecified atom stereocenters. The lowest BCUT2D eigenvalue weighted by Crippen LogP contribution is -2.54. The Labute approximate surface area is 129 Å². The van der Waals surface area contributed by atoms with E-state index in [0.29, 0.717) is 0 Å². The van der Waals surface area contributed by atoms with Crippen LogP contribution in [0.5, 0.6) is 0 Å². The SMILES string of the molecule is CCNC(CO)(CN1CCC(CC)CC1)c1ccccc1. The Morgan fingerprint density at radius 1 is 1.19 bits per heavy atom. The Morgan fingerprint density at radius 3 is 2.38 bits per heavy atom. The topological polar surface area (TPSA) is 35.5 Å². The molecule has 0 aromatic heterocycles. The number of likely N-dealkylation sites (N-methyl/N-ethyl adjacent to an activating group) is 1. The zero-order chi connectivity index (χ0) is 15.1. The highest BCUT2D eigenvalue weighted by molar-refractivity contribution is 5.25. The number of hydrogen-bond acceptors (Lipinski definition) is 3. The Hall–Kier alpha value is -0.900. The van der Waals surface area contributed by atoms with Crippen LogP contribution in [0, 0.1) is 5.92 Å². The number of likely N-dealkylation sites (tertiary alicyclic amines) is 1. The molecule has 1 saturated heterocycles. The van der Waals surface area contributed by atoms with E-state index in [0.717, 1.165) is 32.1 Å². The summed E-state index contributed by atoms with van der Waals surface area (Å²) in [6, 6.07) is 10.4. The molecule has 3 nitrogen and oxygen atoms in total. The van der Waals surface area contributed by atoms with E-state index in [4.69, 9.17) is 0 Å². The van der Waals surface area contributed by atoms with Crippen LogP contribution in [0.3, 0.4) is 0 Å². The van der Waals surface area contributed by atoms with Crippen molar-refractivity contribution in [1.82, 2.24) is 10.2 Å². The molecule has 0 aliphatic carbocycles. The minimum absolute atomic E-state index is 0.137. The Kier molecular flexibility index (Phi) is 6.22. The minimum Gasteiger partial charge on any atom is -0.394 e. The van der Waals surface area contributed by atoms with Gasteiger partial charge in [0.2, 0.25) is 0 Å². The van der Waals surface area contributed by atoms with Crippen LogP contribution in [0.25, 0.3) is 0 Å². The second-order valence-electron chi connectivity index (χ2n) is 6.26. The summed E-state index contributed by atoms with van der Waals surface area (Å²) in [5, 5.41) is 13.6. The second kappa shape index (κ2) is 7.92. The average Bonchev–Trinajstić information content (AvgIpc) is 2.56. The molecule has 0 bridgehead atoms. The van der Waals surface area contributed by atoms with Gasteiger partial charge in [-0.05, 0) is 44.0 Å². The predicted octanol–water partition coefficient (Wildman–Crippen LogP) is 2.61. The maximum atomic E-state index is 10.1. The summed E-state index contributed by atoms with van der Waals surface area (Å²) in [4.78, 5) is 2.51. The van der Waals surface area contributed by atoms with Gasteiger partial charge in [-0.3, -0.25) is 0 Å². The third-order valence-electron chi connectivity index (χ3n) is 4.89. The number of rotatable bonds is 7. The maximum Gasteiger partial charge on any atom is 0.0797 e. The summed E-state index contributed by atoms with van der Waals surface area (Å²) in [7, 11) is 0. The number of piperidine rings is 1. The van der Waals surface area contributed by atoms with Crippen molar-refractivity contribution in [3.8, 4) is 0 Å². The van der Waals surface area contributed by atoms with Crippen LogP contribution < -0.4 is 5.32 Å². The molecule has 1 aliphatic heterocycles. The fourth-order valence-electron chi connectivity index (χ4n) is 3.48. The van der Waals surface area contributed by atoms with Gasteiger partial charge in [-0.25, -0.2) is 0 Å². The molecular weight excluding hydrogens is 260 g/mol. The highest BCUT2D eigenvalue weighted by atomic mass is 16.3. The highest BCUT2D eigenvalue weighted by Gasteiger charge is 2.33. The molecule has 1 aromatic rings. The van der Waals surface area contributed by atoms with Crippen LogP contribution >= 0.6 is 0 Å². The van der Waals surface area contributed by atoms with Crippen LogP contribution in [0.2, 0.25) is 0 Å². The van der Waals surface area contributed by atoms with Gasteiger partial charge in [0.05, 0.1) is 12.1 Å². The first-order chi connectivity index (χ1) is 10.2. The van der Waals surface area contributed by atoms with Crippen LogP contribution in [0.4, 0.5) is 0 Å². The lowest BCUT2D eigenvalue weighted by atomic mass is 9.87. The van der Waals surface area contributed by atoms with Crippen LogP contribution in [0.1, 0.15) is 38.7 Å². The van der Waals surface area contributed by atoms with Gasteiger partial charge in [0, 0.05) is 6.54 Å². The van der Waals surface area contributed by atoms with Crippen LogP contribution in [-0.4, -0.2) is 42.8 Å². The highest BCUT2D eigenvalue weighted by Crippen LogP contribution is 2.26. The second-order valence-corrected chi connectivity index (χ2v) is 6.26. The summed E-state index contributed by atoms with van der Waals surface area (Å²) in [6.07, 6.45) is 3.88. The van der Waals surface area contributed by atoms with Crippen molar-refractivity contribution in [2.24, 2.45) is 5.92 Å². The van der Waals surface area contributed by atoms with E-state index in [9.17, 15) is 5.11 Å². The number of nitrogens with one attached hydrogen (secondary N) is 1. The number of aliphatic hydroxyl groups excluding tert-OH is 1. The fourth-order valence-corrected chi connectivity index (χ4v) is 3.48. The average molecular weight is 290 g/mol. The Bertz CT molecular complexity index is 401. The van der Waals surface area contributed by atoms with Crippen molar-refractivity contribution >= 4 is 0 Å². The summed E-state index contributed by atoms with van der Waals surface area (Å²) in [6.45, 7) is 8.59. The van der Waals surface area contributed by atoms with E-state index in [2.05, 4.69) is 48.3 Å². The van der Waals surface area contributed by atoms with Gasteiger partial charge in [0.25, 0.3) is 0 Å². The predicted molar refractivity (Wildman–Crippen MR) is 88.3 cm³/mol. The molecule has 2 rings (SSSR count). The van der Waals surface area contributed by atoms with E-state index in [1.165, 1.54) is 24.8 Å². The zero-order valence-electron chi connectivity index (χ0n) is 13.5. The Morgan fingerprint density at radius 2 is 1.86 bits per heavy atom. The van der Waals surface area contributed by atoms with Gasteiger partial charge < -0.3 is 15.3 Å². The maximum absolute atomic E-state index is 10.1. The van der Waals surface area contributed by atoms with Crippen molar-refractivity contribution in [3.05, 3.63) is 35.9 Å². The van der Waals surface area contributed by atoms with E-state index in [1.807, 2.05) is 6.07 Å². The summed E-state index contributed by atoms with van der Waals surface area (Å²) in [5.74, 6) is 0.889. The molecule has 21 heavy (non-hydrogen) atoms. The standard InChI is InChI=1S/C18H30N2O/c1-3-16-10-12-20(13-11-16)14-18(15-21,19-4-2)17-8-6-5-7-9-17/h5-9,16,19,21H,3-4,10-15H2,1-2H3. The number of nitrogens with zero attached hydrogens (tertiary/aromatic N) is 1. The van der Waals surface area contributed by atoms with Crippen LogP contribution in [-0.2, 0) is 5.54 Å². The molecule has 0 saturated carbocycles. The monoisotopic (exact) mass is 290 g/mol. The van der Waals surface area contributed by atoms with Crippen molar-refractivity contribution in [1.29, 1.82) is 0 Å². The van der Waals surface area contributed by atoms with E-state index < -0.39 is 0 Å². The van der Waals surface area contributed by atoms with E-state index in [-0.39, 0.29) is 12.1 Å². The summed E-state index contributed by atoms with van der Waals surface area (Å²) >= 11 is 0. The van der Waals surface area contributed by atoms with E-state index in [1.54, 1.807) is 0 Å². The van der Waals surface area contributed by atoms with Crippen molar-refractivity contribution < 1.29 is 5.11 Å². The first-order valence-corrected chi connectivity index (χ1v) is 8.38. The number of benzene rings is 1. The minimum atomic E-state index is -0.338. The molecule has 3 heteroatoms. The molecular formula is C18H30N2O. The fraction of sp³-hybridized carbons (Fsp3) is 0.667. The quantitative estimate of drug-likeness (QED) is 0.810. The van der Waals surface area contributed by atoms with Crippen molar-refractivity contribution in [2.45, 2.75) is 38.6 Å². The van der Waals surface area contributed by atoms with Gasteiger partial charge in [0.1, 0.15) is 0 Å². The molecule has 0 amide bonds. The molecule has 2 N–H and O–H groups in total. The molecule has 1 fully saturated rings. The molecule has 1 aliphatic rings. The van der Waals surface area contributed by atoms with E-state index >= 15 is 0 Å². The largest absolute Gasteiger partial charge is 0.394 e. The third-order valence-corrected chi connectivity index (χ3v) is 4.89. The number of aliphatic hydroxyl groups is 1. The van der Waals surface area contributed by atoms with Gasteiger partial charge in [0.15, 0.2) is 0 Å². The Balaban J connectivity index is 2.10.